The Hall–Kier alpha value is -2.99. The summed E-state index contributed by atoms with van der Waals surface area (Å²) in [6.45, 7) is 3.42. The minimum atomic E-state index is -5.06. The van der Waals surface area contributed by atoms with Crippen LogP contribution in [0, 0.1) is 0 Å². The quantitative estimate of drug-likeness (QED) is 0.409. The van der Waals surface area contributed by atoms with Crippen LogP contribution in [0.5, 0.6) is 0 Å². The number of para-hydroxylation sites is 1. The molecule has 2 aromatic rings. The molecule has 0 atom stereocenters. The summed E-state index contributed by atoms with van der Waals surface area (Å²) in [6.07, 6.45) is -7.60. The maximum atomic E-state index is 13.9. The molecule has 3 heterocycles. The van der Waals surface area contributed by atoms with Crippen molar-refractivity contribution in [2.45, 2.75) is 43.6 Å². The topological polar surface area (TPSA) is 47.1 Å². The molecule has 0 aliphatic carbocycles. The van der Waals surface area contributed by atoms with Crippen LogP contribution in [0.1, 0.15) is 47.2 Å². The number of amides is 2. The van der Waals surface area contributed by atoms with E-state index in [2.05, 4.69) is 4.90 Å². The van der Waals surface area contributed by atoms with Gasteiger partial charge in [-0.3, -0.25) is 9.59 Å². The number of halogens is 7. The molecule has 3 saturated heterocycles. The van der Waals surface area contributed by atoms with Gasteiger partial charge in [-0.15, -0.1) is 0 Å². The third kappa shape index (κ3) is 5.86. The van der Waals surface area contributed by atoms with Crippen molar-refractivity contribution in [3.05, 3.63) is 64.2 Å². The number of benzene rings is 2. The number of rotatable bonds is 5. The number of likely N-dealkylation sites (tertiary alicyclic amines) is 2. The fraction of sp³-hybridized carbons (Fsp3) is 0.500. The van der Waals surface area contributed by atoms with E-state index in [9.17, 15) is 35.9 Å². The Morgan fingerprint density at radius 2 is 1.44 bits per heavy atom. The van der Waals surface area contributed by atoms with Crippen LogP contribution >= 0.6 is 11.6 Å². The molecule has 13 heteroatoms. The largest absolute Gasteiger partial charge is 0.416 e. The molecule has 222 valence electrons. The molecule has 1 spiro atoms. The molecule has 2 aromatic carbocycles. The molecule has 6 nitrogen and oxygen atoms in total. The van der Waals surface area contributed by atoms with Gasteiger partial charge in [0, 0.05) is 31.7 Å². The van der Waals surface area contributed by atoms with Crippen LogP contribution in [0.25, 0.3) is 0 Å². The van der Waals surface area contributed by atoms with Crippen LogP contribution in [-0.2, 0) is 17.1 Å². The molecule has 3 aliphatic rings. The van der Waals surface area contributed by atoms with E-state index >= 15 is 0 Å². The van der Waals surface area contributed by atoms with E-state index in [0.717, 1.165) is 32.5 Å². The summed E-state index contributed by atoms with van der Waals surface area (Å²) < 4.78 is 80.2. The normalized spacial score (nSPS) is 20.0. The summed E-state index contributed by atoms with van der Waals surface area (Å²) in [6, 6.07) is 7.98. The minimum absolute atomic E-state index is 0.00259. The van der Waals surface area contributed by atoms with E-state index in [1.807, 2.05) is 4.90 Å². The fourth-order valence-electron chi connectivity index (χ4n) is 6.02. The zero-order chi connectivity index (χ0) is 29.6. The Morgan fingerprint density at radius 1 is 0.854 bits per heavy atom. The smallest absolute Gasteiger partial charge is 0.338 e. The number of carbonyl (C=O) groups excluding carboxylic acids is 2. The van der Waals surface area contributed by atoms with Gasteiger partial charge < -0.3 is 19.6 Å². The molecule has 5 rings (SSSR count). The summed E-state index contributed by atoms with van der Waals surface area (Å²) in [5.74, 6) is -1.07. The summed E-state index contributed by atoms with van der Waals surface area (Å²) in [5.41, 5.74) is -4.19. The van der Waals surface area contributed by atoms with Gasteiger partial charge in [0.15, 0.2) is 0 Å². The summed E-state index contributed by atoms with van der Waals surface area (Å²) >= 11 is 6.52. The van der Waals surface area contributed by atoms with Gasteiger partial charge in [0.25, 0.3) is 5.91 Å². The summed E-state index contributed by atoms with van der Waals surface area (Å²) in [4.78, 5) is 34.3. The Balaban J connectivity index is 1.39. The number of carbonyl (C=O) groups is 2. The molecule has 0 N–H and O–H groups in total. The van der Waals surface area contributed by atoms with Crippen molar-refractivity contribution in [2.24, 2.45) is 0 Å². The van der Waals surface area contributed by atoms with Gasteiger partial charge in [-0.1, -0.05) is 23.7 Å². The van der Waals surface area contributed by atoms with Crippen molar-refractivity contribution in [1.29, 1.82) is 0 Å². The maximum Gasteiger partial charge on any atom is 0.416 e. The van der Waals surface area contributed by atoms with E-state index in [1.54, 1.807) is 29.2 Å². The van der Waals surface area contributed by atoms with Crippen LogP contribution in [0.3, 0.4) is 0 Å². The molecule has 0 bridgehead atoms. The standard InChI is InChI=1S/C28H29ClF6N4O2/c29-22-5-1-2-6-23(22)39-18-38(14-13-36-9-3-4-10-36)25(41)26(39)7-11-37(12-8-26)24(40)19-15-20(27(30,31)32)17-21(16-19)28(33,34)35/h1-2,5-6,15-17H,3-4,7-14,18H2. The maximum absolute atomic E-state index is 13.9. The van der Waals surface area contributed by atoms with Crippen molar-refractivity contribution in [3.63, 3.8) is 0 Å². The lowest BCUT2D eigenvalue weighted by atomic mass is 9.85. The number of hydrogen-bond donors (Lipinski definition) is 0. The highest BCUT2D eigenvalue weighted by molar-refractivity contribution is 6.33. The molecular weight excluding hydrogens is 574 g/mol. The second kappa shape index (κ2) is 11.0. The Bertz CT molecular complexity index is 1270. The lowest BCUT2D eigenvalue weighted by molar-refractivity contribution is -0.143. The molecule has 0 saturated carbocycles. The second-order valence-electron chi connectivity index (χ2n) is 10.8. The highest BCUT2D eigenvalue weighted by Gasteiger charge is 2.54. The third-order valence-electron chi connectivity index (χ3n) is 8.25. The van der Waals surface area contributed by atoms with Gasteiger partial charge in [-0.25, -0.2) is 0 Å². The Labute approximate surface area is 238 Å². The molecule has 3 fully saturated rings. The minimum Gasteiger partial charge on any atom is -0.338 e. The van der Waals surface area contributed by atoms with E-state index in [0.29, 0.717) is 29.4 Å². The van der Waals surface area contributed by atoms with Gasteiger partial charge in [-0.05, 0) is 69.1 Å². The molecule has 2 amide bonds. The van der Waals surface area contributed by atoms with Gasteiger partial charge in [0.05, 0.1) is 28.5 Å². The highest BCUT2D eigenvalue weighted by Crippen LogP contribution is 2.43. The van der Waals surface area contributed by atoms with Crippen LogP contribution in [0.4, 0.5) is 32.0 Å². The molecule has 0 aromatic heterocycles. The number of alkyl halides is 6. The number of piperidine rings is 1. The Morgan fingerprint density at radius 3 is 2.00 bits per heavy atom. The van der Waals surface area contributed by atoms with E-state index in [-0.39, 0.29) is 44.6 Å². The van der Waals surface area contributed by atoms with E-state index in [4.69, 9.17) is 11.6 Å². The number of anilines is 1. The molecule has 41 heavy (non-hydrogen) atoms. The van der Waals surface area contributed by atoms with Gasteiger partial charge in [0.2, 0.25) is 5.91 Å². The van der Waals surface area contributed by atoms with Crippen LogP contribution in [0.15, 0.2) is 42.5 Å². The first kappa shape index (κ1) is 29.5. The Kier molecular flexibility index (Phi) is 7.92. The lowest BCUT2D eigenvalue weighted by Gasteiger charge is -2.43. The third-order valence-corrected chi connectivity index (χ3v) is 8.57. The van der Waals surface area contributed by atoms with Gasteiger partial charge in [-0.2, -0.15) is 26.3 Å². The first-order chi connectivity index (χ1) is 19.3. The molecular formula is C28H29ClF6N4O2. The predicted octanol–water partition coefficient (Wildman–Crippen LogP) is 5.75. The zero-order valence-electron chi connectivity index (χ0n) is 22.1. The number of nitrogens with zero attached hydrogens (tertiary/aromatic N) is 4. The average molecular weight is 603 g/mol. The van der Waals surface area contributed by atoms with Gasteiger partial charge in [0.1, 0.15) is 5.54 Å². The predicted molar refractivity (Wildman–Crippen MR) is 140 cm³/mol. The van der Waals surface area contributed by atoms with Crippen molar-refractivity contribution in [1.82, 2.24) is 14.7 Å². The van der Waals surface area contributed by atoms with E-state index in [1.165, 1.54) is 4.90 Å². The summed E-state index contributed by atoms with van der Waals surface area (Å²) in [5, 5.41) is 0.447. The zero-order valence-corrected chi connectivity index (χ0v) is 22.8. The molecule has 0 unspecified atom stereocenters. The lowest BCUT2D eigenvalue weighted by Crippen LogP contribution is -2.57. The second-order valence-corrected chi connectivity index (χ2v) is 11.2. The van der Waals surface area contributed by atoms with E-state index < -0.39 is 40.5 Å². The van der Waals surface area contributed by atoms with Crippen molar-refractivity contribution in [3.8, 4) is 0 Å². The van der Waals surface area contributed by atoms with Crippen molar-refractivity contribution < 1.29 is 35.9 Å². The monoisotopic (exact) mass is 602 g/mol. The highest BCUT2D eigenvalue weighted by atomic mass is 35.5. The van der Waals surface area contributed by atoms with Crippen LogP contribution < -0.4 is 4.90 Å². The van der Waals surface area contributed by atoms with Crippen molar-refractivity contribution >= 4 is 29.1 Å². The number of hydrogen-bond acceptors (Lipinski definition) is 4. The van der Waals surface area contributed by atoms with Crippen LogP contribution in [0.2, 0.25) is 5.02 Å². The average Bonchev–Trinajstić information content (AvgIpc) is 3.54. The first-order valence-electron chi connectivity index (χ1n) is 13.4. The fourth-order valence-corrected chi connectivity index (χ4v) is 6.26. The first-order valence-corrected chi connectivity index (χ1v) is 13.8. The molecule has 0 radical (unpaired) electrons. The van der Waals surface area contributed by atoms with Gasteiger partial charge >= 0.3 is 12.4 Å². The summed E-state index contributed by atoms with van der Waals surface area (Å²) in [7, 11) is 0. The van der Waals surface area contributed by atoms with Crippen LogP contribution in [-0.4, -0.2) is 78.0 Å². The molecule has 3 aliphatic heterocycles. The SMILES string of the molecule is O=C(c1cc(C(F)(F)F)cc(C(F)(F)F)c1)N1CCC2(CC1)C(=O)N(CCN1CCCC1)CN2c1ccccc1Cl. The van der Waals surface area contributed by atoms with Crippen molar-refractivity contribution in [2.75, 3.05) is 50.8 Å².